The van der Waals surface area contributed by atoms with E-state index in [0.29, 0.717) is 18.5 Å². The third kappa shape index (κ3) is 3.80. The van der Waals surface area contributed by atoms with Crippen LogP contribution < -0.4 is 5.73 Å². The third-order valence-corrected chi connectivity index (χ3v) is 2.14. The molecule has 0 saturated carbocycles. The van der Waals surface area contributed by atoms with E-state index in [9.17, 15) is 8.78 Å². The highest BCUT2D eigenvalue weighted by Gasteiger charge is 2.03. The van der Waals surface area contributed by atoms with Crippen molar-refractivity contribution in [2.75, 3.05) is 6.54 Å². The first-order valence-corrected chi connectivity index (χ1v) is 4.93. The van der Waals surface area contributed by atoms with Crippen LogP contribution >= 0.6 is 0 Å². The molecule has 2 N–H and O–H groups in total. The monoisotopic (exact) mass is 211 g/mol. The third-order valence-electron chi connectivity index (χ3n) is 2.14. The number of benzene rings is 1. The van der Waals surface area contributed by atoms with Gasteiger partial charge in [0, 0.05) is 6.07 Å². The number of halogens is 2. The Morgan fingerprint density at radius 1 is 1.40 bits per heavy atom. The lowest BCUT2D eigenvalue weighted by Crippen LogP contribution is -1.97. The molecule has 1 nitrogen and oxygen atoms in total. The van der Waals surface area contributed by atoms with Crippen molar-refractivity contribution in [3.05, 3.63) is 47.0 Å². The van der Waals surface area contributed by atoms with E-state index in [1.165, 1.54) is 12.1 Å². The van der Waals surface area contributed by atoms with Gasteiger partial charge in [0.2, 0.25) is 0 Å². The van der Waals surface area contributed by atoms with Crippen LogP contribution in [0.15, 0.2) is 29.8 Å². The summed E-state index contributed by atoms with van der Waals surface area (Å²) in [6, 6.07) is 3.66. The fourth-order valence-electron chi connectivity index (χ4n) is 1.37. The van der Waals surface area contributed by atoms with Crippen molar-refractivity contribution in [3.8, 4) is 0 Å². The molecule has 15 heavy (non-hydrogen) atoms. The molecule has 0 fully saturated rings. The highest BCUT2D eigenvalue weighted by atomic mass is 19.1. The minimum absolute atomic E-state index is 0.490. The molecule has 0 bridgehead atoms. The highest BCUT2D eigenvalue weighted by molar-refractivity contribution is 5.23. The Morgan fingerprint density at radius 2 is 2.13 bits per heavy atom. The van der Waals surface area contributed by atoms with Crippen molar-refractivity contribution in [2.24, 2.45) is 5.73 Å². The molecule has 0 amide bonds. The fourth-order valence-corrected chi connectivity index (χ4v) is 1.37. The number of allylic oxidation sites excluding steroid dienone is 1. The number of nitrogens with two attached hydrogens (primary N) is 1. The van der Waals surface area contributed by atoms with Crippen LogP contribution in [0.1, 0.15) is 18.9 Å². The van der Waals surface area contributed by atoms with Crippen molar-refractivity contribution < 1.29 is 8.78 Å². The number of hydrogen-bond donors (Lipinski definition) is 1. The Balaban J connectivity index is 2.72. The van der Waals surface area contributed by atoms with E-state index in [0.717, 1.165) is 18.1 Å². The van der Waals surface area contributed by atoms with Crippen molar-refractivity contribution >= 4 is 0 Å². The Labute approximate surface area is 88.6 Å². The van der Waals surface area contributed by atoms with Gasteiger partial charge in [0.1, 0.15) is 11.6 Å². The van der Waals surface area contributed by atoms with Crippen molar-refractivity contribution in [1.29, 1.82) is 0 Å². The summed E-state index contributed by atoms with van der Waals surface area (Å²) in [6.07, 6.45) is 3.27. The number of hydrogen-bond acceptors (Lipinski definition) is 1. The van der Waals surface area contributed by atoms with Crippen LogP contribution in [0.5, 0.6) is 0 Å². The summed E-state index contributed by atoms with van der Waals surface area (Å²) in [5.41, 5.74) is 6.91. The normalized spacial score (nSPS) is 11.9. The maximum Gasteiger partial charge on any atom is 0.129 e. The molecular formula is C12H15F2N. The van der Waals surface area contributed by atoms with Crippen molar-refractivity contribution in [3.63, 3.8) is 0 Å². The summed E-state index contributed by atoms with van der Waals surface area (Å²) in [7, 11) is 0. The fraction of sp³-hybridized carbons (Fsp3) is 0.333. The molecule has 0 spiro atoms. The van der Waals surface area contributed by atoms with Gasteiger partial charge >= 0.3 is 0 Å². The Morgan fingerprint density at radius 3 is 2.73 bits per heavy atom. The van der Waals surface area contributed by atoms with E-state index in [1.54, 1.807) is 0 Å². The number of rotatable bonds is 4. The first-order chi connectivity index (χ1) is 7.13. The molecule has 0 aliphatic rings. The van der Waals surface area contributed by atoms with Crippen LogP contribution in [0.25, 0.3) is 0 Å². The predicted octanol–water partition coefficient (Wildman–Crippen LogP) is 2.80. The SMILES string of the molecule is CC(=CCCN)Cc1ccc(F)cc1F. The molecule has 82 valence electrons. The zero-order valence-electron chi connectivity index (χ0n) is 8.76. The summed E-state index contributed by atoms with van der Waals surface area (Å²) in [5.74, 6) is -1.03. The van der Waals surface area contributed by atoms with Gasteiger partial charge in [-0.15, -0.1) is 0 Å². The summed E-state index contributed by atoms with van der Waals surface area (Å²) >= 11 is 0. The standard InChI is InChI=1S/C12H15F2N/c1-9(3-2-6-15)7-10-4-5-11(13)8-12(10)14/h3-5,8H,2,6-7,15H2,1H3. The van der Waals surface area contributed by atoms with E-state index < -0.39 is 11.6 Å². The van der Waals surface area contributed by atoms with Crippen LogP contribution in [0.3, 0.4) is 0 Å². The van der Waals surface area contributed by atoms with Gasteiger partial charge < -0.3 is 5.73 Å². The van der Waals surface area contributed by atoms with Gasteiger partial charge in [-0.2, -0.15) is 0 Å². The maximum atomic E-state index is 13.2. The lowest BCUT2D eigenvalue weighted by Gasteiger charge is -2.03. The maximum absolute atomic E-state index is 13.2. The quantitative estimate of drug-likeness (QED) is 0.761. The average Bonchev–Trinajstić information content (AvgIpc) is 2.19. The molecule has 0 saturated heterocycles. The molecular weight excluding hydrogens is 196 g/mol. The second-order valence-corrected chi connectivity index (χ2v) is 3.54. The van der Waals surface area contributed by atoms with Crippen LogP contribution in [-0.4, -0.2) is 6.54 Å². The smallest absolute Gasteiger partial charge is 0.129 e. The second-order valence-electron chi connectivity index (χ2n) is 3.54. The van der Waals surface area contributed by atoms with Gasteiger partial charge in [0.05, 0.1) is 0 Å². The Bertz CT molecular complexity index is 359. The molecule has 0 radical (unpaired) electrons. The first-order valence-electron chi connectivity index (χ1n) is 4.93. The van der Waals surface area contributed by atoms with Gasteiger partial charge in [-0.05, 0) is 37.9 Å². The van der Waals surface area contributed by atoms with E-state index >= 15 is 0 Å². The predicted molar refractivity (Wildman–Crippen MR) is 57.5 cm³/mol. The largest absolute Gasteiger partial charge is 0.330 e. The average molecular weight is 211 g/mol. The van der Waals surface area contributed by atoms with Gasteiger partial charge in [-0.25, -0.2) is 8.78 Å². The van der Waals surface area contributed by atoms with Gasteiger partial charge in [0.15, 0.2) is 0 Å². The highest BCUT2D eigenvalue weighted by Crippen LogP contribution is 2.14. The molecule has 1 aromatic rings. The molecule has 3 heteroatoms. The molecule has 0 aliphatic carbocycles. The molecule has 1 aromatic carbocycles. The lowest BCUT2D eigenvalue weighted by atomic mass is 10.0. The molecule has 0 atom stereocenters. The minimum atomic E-state index is -0.542. The summed E-state index contributed by atoms with van der Waals surface area (Å²) in [5, 5.41) is 0. The van der Waals surface area contributed by atoms with Gasteiger partial charge in [-0.3, -0.25) is 0 Å². The van der Waals surface area contributed by atoms with Crippen LogP contribution in [-0.2, 0) is 6.42 Å². The molecule has 0 aromatic heterocycles. The van der Waals surface area contributed by atoms with Crippen molar-refractivity contribution in [1.82, 2.24) is 0 Å². The van der Waals surface area contributed by atoms with E-state index in [4.69, 9.17) is 5.73 Å². The molecule has 0 unspecified atom stereocenters. The Hall–Kier alpha value is -1.22. The first kappa shape index (κ1) is 11.9. The van der Waals surface area contributed by atoms with E-state index in [-0.39, 0.29) is 0 Å². The topological polar surface area (TPSA) is 26.0 Å². The summed E-state index contributed by atoms with van der Waals surface area (Å²) in [6.45, 7) is 2.50. The van der Waals surface area contributed by atoms with Crippen LogP contribution in [0.4, 0.5) is 8.78 Å². The van der Waals surface area contributed by atoms with E-state index in [1.807, 2.05) is 13.0 Å². The summed E-state index contributed by atoms with van der Waals surface area (Å²) in [4.78, 5) is 0. The Kier molecular flexibility index (Phi) is 4.43. The van der Waals surface area contributed by atoms with Crippen LogP contribution in [0.2, 0.25) is 0 Å². The van der Waals surface area contributed by atoms with Crippen LogP contribution in [0, 0.1) is 11.6 Å². The van der Waals surface area contributed by atoms with E-state index in [2.05, 4.69) is 0 Å². The molecule has 0 aliphatic heterocycles. The zero-order valence-corrected chi connectivity index (χ0v) is 8.76. The molecule has 0 heterocycles. The zero-order chi connectivity index (χ0) is 11.3. The van der Waals surface area contributed by atoms with Gasteiger partial charge in [0.25, 0.3) is 0 Å². The summed E-state index contributed by atoms with van der Waals surface area (Å²) < 4.78 is 25.9. The second kappa shape index (κ2) is 5.61. The lowest BCUT2D eigenvalue weighted by molar-refractivity contribution is 0.574. The minimum Gasteiger partial charge on any atom is -0.330 e. The van der Waals surface area contributed by atoms with Gasteiger partial charge in [-0.1, -0.05) is 17.7 Å². The van der Waals surface area contributed by atoms with Crippen molar-refractivity contribution in [2.45, 2.75) is 19.8 Å². The molecule has 1 rings (SSSR count).